The third-order valence-electron chi connectivity index (χ3n) is 11.1. The quantitative estimate of drug-likeness (QED) is 0.0831. The molecule has 312 valence electrons. The number of hydrogen-bond acceptors (Lipinski definition) is 10. The van der Waals surface area contributed by atoms with Gasteiger partial charge in [0.15, 0.2) is 0 Å². The third kappa shape index (κ3) is 12.2. The molecule has 9 atom stereocenters. The number of amides is 4. The monoisotopic (exact) mass is 779 g/mol. The number of benzene rings is 1. The molecule has 0 spiro atoms. The minimum Gasteiger partial charge on any atom is -0.411 e. The molecule has 0 saturated carbocycles. The van der Waals surface area contributed by atoms with Crippen molar-refractivity contribution in [3.8, 4) is 0 Å². The van der Waals surface area contributed by atoms with Gasteiger partial charge in [0.05, 0.1) is 55.3 Å². The molecule has 1 aromatic rings. The summed E-state index contributed by atoms with van der Waals surface area (Å²) < 4.78 is 31.3. The molecule has 14 nitrogen and oxygen atoms in total. The molecule has 1 saturated heterocycles. The lowest BCUT2D eigenvalue weighted by molar-refractivity contribution is -0.147. The van der Waals surface area contributed by atoms with E-state index in [9.17, 15) is 28.8 Å². The number of nitrogens with zero attached hydrogens (tertiary/aromatic N) is 3. The molecule has 0 aromatic heterocycles. The predicted octanol–water partition coefficient (Wildman–Crippen LogP) is 3.36. The molecule has 1 heterocycles. The number of ether oxygens (including phenoxy) is 3. The van der Waals surface area contributed by atoms with Crippen LogP contribution >= 0.6 is 0 Å². The van der Waals surface area contributed by atoms with Gasteiger partial charge in [0, 0.05) is 40.5 Å². The maximum absolute atomic E-state index is 14.3. The first-order valence-electron chi connectivity index (χ1n) is 19.3. The minimum absolute atomic E-state index is 0.00954. The molecule has 2 rings (SSSR count). The normalized spacial score (nSPS) is 20.1. The fourth-order valence-corrected chi connectivity index (χ4v) is 7.67. The number of aryl methyl sites for hydroxylation is 1. The van der Waals surface area contributed by atoms with Crippen LogP contribution in [-0.4, -0.2) is 135 Å². The highest BCUT2D eigenvalue weighted by molar-refractivity contribution is 6.04. The number of likely N-dealkylation sites (tertiary alicyclic amines) is 1. The lowest BCUT2D eigenvalue weighted by Crippen LogP contribution is -2.59. The Labute approximate surface area is 327 Å². The van der Waals surface area contributed by atoms with Crippen LogP contribution in [0.5, 0.6) is 0 Å². The lowest BCUT2D eigenvalue weighted by atomic mass is 9.89. The zero-order valence-corrected chi connectivity index (χ0v) is 35.1. The number of hydrogen-bond donors (Lipinski definition) is 4. The summed E-state index contributed by atoms with van der Waals surface area (Å²) in [4.78, 5) is 58.6. The van der Waals surface area contributed by atoms with Crippen LogP contribution in [0.3, 0.4) is 0 Å². The highest BCUT2D eigenvalue weighted by Gasteiger charge is 2.45. The van der Waals surface area contributed by atoms with Crippen molar-refractivity contribution in [2.24, 2.45) is 28.8 Å². The molecule has 1 aliphatic rings. The van der Waals surface area contributed by atoms with Crippen LogP contribution in [0.15, 0.2) is 23.4 Å². The number of rotatable bonds is 21. The van der Waals surface area contributed by atoms with E-state index in [-0.39, 0.29) is 66.8 Å². The standard InChI is InChI=1S/C40H67FN6O8/c1-14-24(6)36(46(10)40(51)35(23(4)5)44-39(50)34(42-9)22(2)3)32(54-12)19-33(48)47-21-28(53-11)18-31(47)37(55-13)26(8)38(49)43-20-30(45-52)29-16-15-27(41)17-25(29)7/h15-17,22-24,26,28,31-32,34-37,42,52H,14,18-21H2,1-13H3,(H,43,49)(H,44,50)/t24-,26+,28+,31+,32+,34-,35-,36-,37+/m0/s1. The Hall–Kier alpha value is -3.66. The van der Waals surface area contributed by atoms with E-state index in [1.807, 2.05) is 41.5 Å². The zero-order chi connectivity index (χ0) is 41.7. The highest BCUT2D eigenvalue weighted by atomic mass is 19.1. The van der Waals surface area contributed by atoms with Crippen molar-refractivity contribution < 1.29 is 43.0 Å². The Morgan fingerprint density at radius 1 is 1.02 bits per heavy atom. The Bertz CT molecular complexity index is 1460. The zero-order valence-electron chi connectivity index (χ0n) is 35.1. The number of nitrogens with one attached hydrogen (secondary N) is 3. The van der Waals surface area contributed by atoms with Gasteiger partial charge >= 0.3 is 0 Å². The maximum atomic E-state index is 14.3. The first-order valence-corrected chi connectivity index (χ1v) is 19.3. The second-order valence-corrected chi connectivity index (χ2v) is 15.5. The molecule has 0 bridgehead atoms. The van der Waals surface area contributed by atoms with Crippen molar-refractivity contribution in [3.63, 3.8) is 0 Å². The Morgan fingerprint density at radius 3 is 2.15 bits per heavy atom. The van der Waals surface area contributed by atoms with E-state index >= 15 is 0 Å². The first kappa shape index (κ1) is 47.5. The number of likely N-dealkylation sites (N-methyl/N-ethyl adjacent to an activating group) is 2. The first-order chi connectivity index (χ1) is 25.9. The molecule has 1 fully saturated rings. The van der Waals surface area contributed by atoms with E-state index in [1.54, 1.807) is 44.9 Å². The van der Waals surface area contributed by atoms with Crippen LogP contribution in [0.25, 0.3) is 0 Å². The Kier molecular flexibility index (Phi) is 19.1. The fraction of sp³-hybridized carbons (Fsp3) is 0.725. The van der Waals surface area contributed by atoms with Crippen LogP contribution in [-0.2, 0) is 33.4 Å². The van der Waals surface area contributed by atoms with Crippen molar-refractivity contribution in [2.45, 2.75) is 117 Å². The number of methoxy groups -OCH3 is 3. The van der Waals surface area contributed by atoms with Crippen molar-refractivity contribution in [1.29, 1.82) is 0 Å². The van der Waals surface area contributed by atoms with E-state index in [4.69, 9.17) is 14.2 Å². The summed E-state index contributed by atoms with van der Waals surface area (Å²) in [6, 6.07) is 1.74. The van der Waals surface area contributed by atoms with Gasteiger partial charge in [0.1, 0.15) is 17.6 Å². The van der Waals surface area contributed by atoms with Gasteiger partial charge in [-0.15, -0.1) is 0 Å². The van der Waals surface area contributed by atoms with Gasteiger partial charge in [-0.3, -0.25) is 19.2 Å². The molecular formula is C40H67FN6O8. The van der Waals surface area contributed by atoms with Crippen LogP contribution in [0.1, 0.15) is 78.9 Å². The average molecular weight is 779 g/mol. The van der Waals surface area contributed by atoms with E-state index in [0.29, 0.717) is 24.0 Å². The van der Waals surface area contributed by atoms with Crippen molar-refractivity contribution >= 4 is 29.3 Å². The van der Waals surface area contributed by atoms with Crippen LogP contribution < -0.4 is 16.0 Å². The number of halogens is 1. The molecule has 15 heteroatoms. The van der Waals surface area contributed by atoms with Gasteiger partial charge in [-0.1, -0.05) is 60.0 Å². The highest BCUT2D eigenvalue weighted by Crippen LogP contribution is 2.31. The number of carbonyl (C=O) groups excluding carboxylic acids is 4. The van der Waals surface area contributed by atoms with Gasteiger partial charge in [-0.2, -0.15) is 0 Å². The lowest BCUT2D eigenvalue weighted by Gasteiger charge is -2.41. The topological polar surface area (TPSA) is 171 Å². The molecule has 0 aliphatic carbocycles. The number of carbonyl (C=O) groups is 4. The summed E-state index contributed by atoms with van der Waals surface area (Å²) in [5.74, 6) is -2.62. The molecule has 0 radical (unpaired) electrons. The second-order valence-electron chi connectivity index (χ2n) is 15.5. The molecule has 55 heavy (non-hydrogen) atoms. The SMILES string of the molecule is CC[C@H](C)[C@@H]([C@@H](CC(=O)N1C[C@H](OC)C[C@@H]1[C@H](OC)[C@@H](C)C(=O)NCC(=NO)c1ccc(F)cc1C)OC)N(C)C(=O)[C@@H](NC(=O)[C@@H](NC)C(C)C)C(C)C. The van der Waals surface area contributed by atoms with Crippen LogP contribution in [0, 0.1) is 36.4 Å². The largest absolute Gasteiger partial charge is 0.411 e. The van der Waals surface area contributed by atoms with Crippen molar-refractivity contribution in [2.75, 3.05) is 48.5 Å². The minimum atomic E-state index is -0.799. The maximum Gasteiger partial charge on any atom is 0.245 e. The van der Waals surface area contributed by atoms with E-state index in [1.165, 1.54) is 32.4 Å². The van der Waals surface area contributed by atoms with Crippen molar-refractivity contribution in [1.82, 2.24) is 25.8 Å². The average Bonchev–Trinajstić information content (AvgIpc) is 3.58. The Morgan fingerprint density at radius 2 is 1.65 bits per heavy atom. The van der Waals surface area contributed by atoms with Crippen LogP contribution in [0.4, 0.5) is 4.39 Å². The predicted molar refractivity (Wildman–Crippen MR) is 209 cm³/mol. The number of oxime groups is 1. The summed E-state index contributed by atoms with van der Waals surface area (Å²) in [5.41, 5.74) is 1.20. The van der Waals surface area contributed by atoms with Crippen LogP contribution in [0.2, 0.25) is 0 Å². The summed E-state index contributed by atoms with van der Waals surface area (Å²) in [6.45, 7) is 15.2. The summed E-state index contributed by atoms with van der Waals surface area (Å²) in [7, 11) is 7.99. The molecule has 0 unspecified atom stereocenters. The summed E-state index contributed by atoms with van der Waals surface area (Å²) >= 11 is 0. The molecule has 1 aliphatic heterocycles. The van der Waals surface area contributed by atoms with E-state index in [2.05, 4.69) is 21.1 Å². The van der Waals surface area contributed by atoms with Gasteiger partial charge in [-0.25, -0.2) is 4.39 Å². The molecular weight excluding hydrogens is 711 g/mol. The molecule has 4 N–H and O–H groups in total. The summed E-state index contributed by atoms with van der Waals surface area (Å²) in [6.07, 6.45) is -0.686. The van der Waals surface area contributed by atoms with Gasteiger partial charge in [-0.05, 0) is 61.9 Å². The second kappa shape index (κ2) is 22.2. The van der Waals surface area contributed by atoms with Gasteiger partial charge in [0.2, 0.25) is 23.6 Å². The Balaban J connectivity index is 2.32. The smallest absolute Gasteiger partial charge is 0.245 e. The fourth-order valence-electron chi connectivity index (χ4n) is 7.67. The van der Waals surface area contributed by atoms with E-state index in [0.717, 1.165) is 0 Å². The summed E-state index contributed by atoms with van der Waals surface area (Å²) in [5, 5.41) is 21.8. The van der Waals surface area contributed by atoms with E-state index < -0.39 is 54.0 Å². The third-order valence-corrected chi connectivity index (χ3v) is 11.1. The van der Waals surface area contributed by atoms with Crippen molar-refractivity contribution in [3.05, 3.63) is 35.1 Å². The molecule has 4 amide bonds. The van der Waals surface area contributed by atoms with Gasteiger partial charge < -0.3 is 45.2 Å². The van der Waals surface area contributed by atoms with Gasteiger partial charge in [0.25, 0.3) is 0 Å². The molecule has 1 aromatic carbocycles.